The third kappa shape index (κ3) is 3.56. The number of nitrogens with zero attached hydrogens (tertiary/aromatic N) is 2. The van der Waals surface area contributed by atoms with E-state index in [1.165, 1.54) is 0 Å². The molecule has 0 aliphatic carbocycles. The molecule has 1 aromatic rings. The zero-order chi connectivity index (χ0) is 14.4. The molecule has 2 heterocycles. The van der Waals surface area contributed by atoms with Crippen molar-refractivity contribution in [1.82, 2.24) is 9.88 Å². The minimum absolute atomic E-state index is 0.0475. The molecule has 0 bridgehead atoms. The van der Waals surface area contributed by atoms with Crippen LogP contribution < -0.4 is 0 Å². The Labute approximate surface area is 118 Å². The highest BCUT2D eigenvalue weighted by atomic mass is 16.5. The van der Waals surface area contributed by atoms with Gasteiger partial charge in [0.05, 0.1) is 25.9 Å². The van der Waals surface area contributed by atoms with Gasteiger partial charge in [-0.1, -0.05) is 11.8 Å². The lowest BCUT2D eigenvalue weighted by molar-refractivity contribution is 0.00327. The SMILES string of the molecule is CC1COCCN1C(=O)c1ccc(C#CCCO)cn1. The number of pyridine rings is 1. The van der Waals surface area contributed by atoms with E-state index >= 15 is 0 Å². The van der Waals surface area contributed by atoms with Crippen molar-refractivity contribution in [3.63, 3.8) is 0 Å². The van der Waals surface area contributed by atoms with Gasteiger partial charge in [0.15, 0.2) is 0 Å². The van der Waals surface area contributed by atoms with Crippen LogP contribution in [0.3, 0.4) is 0 Å². The summed E-state index contributed by atoms with van der Waals surface area (Å²) < 4.78 is 5.32. The Balaban J connectivity index is 2.06. The lowest BCUT2D eigenvalue weighted by Gasteiger charge is -2.33. The van der Waals surface area contributed by atoms with E-state index in [9.17, 15) is 4.79 Å². The summed E-state index contributed by atoms with van der Waals surface area (Å²) in [4.78, 5) is 18.3. The normalized spacial score (nSPS) is 18.3. The third-order valence-electron chi connectivity index (χ3n) is 3.08. The summed E-state index contributed by atoms with van der Waals surface area (Å²) in [7, 11) is 0. The van der Waals surface area contributed by atoms with Crippen LogP contribution in [0.5, 0.6) is 0 Å². The minimum atomic E-state index is -0.0735. The molecule has 5 heteroatoms. The summed E-state index contributed by atoms with van der Waals surface area (Å²) in [6, 6.07) is 3.53. The molecule has 1 atom stereocenters. The highest BCUT2D eigenvalue weighted by Gasteiger charge is 2.25. The van der Waals surface area contributed by atoms with Crippen molar-refractivity contribution in [2.24, 2.45) is 0 Å². The van der Waals surface area contributed by atoms with E-state index in [1.807, 2.05) is 6.92 Å². The smallest absolute Gasteiger partial charge is 0.272 e. The van der Waals surface area contributed by atoms with Crippen LogP contribution in [-0.2, 0) is 4.74 Å². The number of hydrogen-bond acceptors (Lipinski definition) is 4. The van der Waals surface area contributed by atoms with Gasteiger partial charge >= 0.3 is 0 Å². The fourth-order valence-electron chi connectivity index (χ4n) is 1.99. The molecule has 0 saturated carbocycles. The first-order chi connectivity index (χ1) is 9.72. The molecule has 5 nitrogen and oxygen atoms in total. The van der Waals surface area contributed by atoms with E-state index in [1.54, 1.807) is 23.2 Å². The summed E-state index contributed by atoms with van der Waals surface area (Å²) in [5, 5.41) is 8.65. The molecular formula is C15H18N2O3. The molecule has 0 spiro atoms. The molecular weight excluding hydrogens is 256 g/mol. The Bertz CT molecular complexity index is 516. The number of morpholine rings is 1. The maximum atomic E-state index is 12.3. The lowest BCUT2D eigenvalue weighted by atomic mass is 10.2. The van der Waals surface area contributed by atoms with Gasteiger partial charge in [-0.2, -0.15) is 0 Å². The van der Waals surface area contributed by atoms with Gasteiger partial charge < -0.3 is 14.7 Å². The summed E-state index contributed by atoms with van der Waals surface area (Å²) in [5.74, 6) is 5.63. The van der Waals surface area contributed by atoms with Gasteiger partial charge in [0.2, 0.25) is 0 Å². The molecule has 1 aromatic heterocycles. The summed E-state index contributed by atoms with van der Waals surface area (Å²) >= 11 is 0. The number of ether oxygens (including phenoxy) is 1. The zero-order valence-electron chi connectivity index (χ0n) is 11.5. The Morgan fingerprint density at radius 3 is 3.10 bits per heavy atom. The second kappa shape index (κ2) is 7.04. The summed E-state index contributed by atoms with van der Waals surface area (Å²) in [6.45, 7) is 3.74. The molecule has 1 saturated heterocycles. The van der Waals surface area contributed by atoms with Crippen molar-refractivity contribution in [1.29, 1.82) is 0 Å². The van der Waals surface area contributed by atoms with Crippen LogP contribution in [0.1, 0.15) is 29.4 Å². The highest BCUT2D eigenvalue weighted by Crippen LogP contribution is 2.11. The average Bonchev–Trinajstić information content (AvgIpc) is 2.48. The lowest BCUT2D eigenvalue weighted by Crippen LogP contribution is -2.47. The van der Waals surface area contributed by atoms with E-state index in [4.69, 9.17) is 9.84 Å². The summed E-state index contributed by atoms with van der Waals surface area (Å²) in [5.41, 5.74) is 1.16. The monoisotopic (exact) mass is 274 g/mol. The molecule has 1 unspecified atom stereocenters. The maximum Gasteiger partial charge on any atom is 0.272 e. The molecule has 1 aliphatic heterocycles. The second-order valence-electron chi connectivity index (χ2n) is 4.63. The first-order valence-corrected chi connectivity index (χ1v) is 6.67. The zero-order valence-corrected chi connectivity index (χ0v) is 11.5. The number of aliphatic hydroxyl groups is 1. The predicted molar refractivity (Wildman–Crippen MR) is 74.1 cm³/mol. The topological polar surface area (TPSA) is 62.7 Å². The van der Waals surface area contributed by atoms with Crippen LogP contribution in [0.4, 0.5) is 0 Å². The Kier molecular flexibility index (Phi) is 5.10. The number of aliphatic hydroxyl groups excluding tert-OH is 1. The van der Waals surface area contributed by atoms with Crippen molar-refractivity contribution in [2.75, 3.05) is 26.4 Å². The molecule has 1 amide bonds. The van der Waals surface area contributed by atoms with Crippen LogP contribution in [0.15, 0.2) is 18.3 Å². The molecule has 2 rings (SSSR count). The van der Waals surface area contributed by atoms with Gasteiger partial charge in [-0.15, -0.1) is 0 Å². The maximum absolute atomic E-state index is 12.3. The van der Waals surface area contributed by atoms with Crippen molar-refractivity contribution in [2.45, 2.75) is 19.4 Å². The van der Waals surface area contributed by atoms with Gasteiger partial charge in [-0.3, -0.25) is 4.79 Å². The molecule has 20 heavy (non-hydrogen) atoms. The molecule has 1 aliphatic rings. The molecule has 1 fully saturated rings. The van der Waals surface area contributed by atoms with Gasteiger partial charge in [0.1, 0.15) is 5.69 Å². The van der Waals surface area contributed by atoms with E-state index in [0.29, 0.717) is 31.9 Å². The number of amides is 1. The van der Waals surface area contributed by atoms with E-state index in [0.717, 1.165) is 5.56 Å². The molecule has 0 aromatic carbocycles. The number of carbonyl (C=O) groups excluding carboxylic acids is 1. The molecule has 1 N–H and O–H groups in total. The fourth-order valence-corrected chi connectivity index (χ4v) is 1.99. The van der Waals surface area contributed by atoms with Crippen molar-refractivity contribution < 1.29 is 14.6 Å². The Hall–Kier alpha value is -1.90. The Morgan fingerprint density at radius 1 is 1.60 bits per heavy atom. The quantitative estimate of drug-likeness (QED) is 0.805. The van der Waals surface area contributed by atoms with Gasteiger partial charge in [-0.25, -0.2) is 4.98 Å². The largest absolute Gasteiger partial charge is 0.395 e. The van der Waals surface area contributed by atoms with E-state index < -0.39 is 0 Å². The van der Waals surface area contributed by atoms with Gasteiger partial charge in [-0.05, 0) is 19.1 Å². The van der Waals surface area contributed by atoms with Crippen LogP contribution in [0.25, 0.3) is 0 Å². The van der Waals surface area contributed by atoms with E-state index in [-0.39, 0.29) is 18.6 Å². The summed E-state index contributed by atoms with van der Waals surface area (Å²) in [6.07, 6.45) is 2.02. The van der Waals surface area contributed by atoms with Gasteiger partial charge in [0, 0.05) is 24.7 Å². The second-order valence-corrected chi connectivity index (χ2v) is 4.63. The minimum Gasteiger partial charge on any atom is -0.395 e. The average molecular weight is 274 g/mol. The third-order valence-corrected chi connectivity index (χ3v) is 3.08. The van der Waals surface area contributed by atoms with Crippen molar-refractivity contribution in [3.05, 3.63) is 29.6 Å². The number of hydrogen-bond donors (Lipinski definition) is 1. The van der Waals surface area contributed by atoms with Crippen molar-refractivity contribution >= 4 is 5.91 Å². The number of aromatic nitrogens is 1. The van der Waals surface area contributed by atoms with Crippen LogP contribution >= 0.6 is 0 Å². The number of carbonyl (C=O) groups is 1. The Morgan fingerprint density at radius 2 is 2.45 bits per heavy atom. The highest BCUT2D eigenvalue weighted by molar-refractivity contribution is 5.92. The van der Waals surface area contributed by atoms with E-state index in [2.05, 4.69) is 16.8 Å². The van der Waals surface area contributed by atoms with Crippen molar-refractivity contribution in [3.8, 4) is 11.8 Å². The van der Waals surface area contributed by atoms with Crippen LogP contribution in [0, 0.1) is 11.8 Å². The first kappa shape index (κ1) is 14.5. The van der Waals surface area contributed by atoms with Crippen LogP contribution in [-0.4, -0.2) is 53.3 Å². The number of rotatable bonds is 2. The fraction of sp³-hybridized carbons (Fsp3) is 0.467. The molecule has 0 radical (unpaired) electrons. The first-order valence-electron chi connectivity index (χ1n) is 6.67. The van der Waals surface area contributed by atoms with Gasteiger partial charge in [0.25, 0.3) is 5.91 Å². The molecule has 106 valence electrons. The predicted octanol–water partition coefficient (Wildman–Crippen LogP) is 0.676. The van der Waals surface area contributed by atoms with Crippen LogP contribution in [0.2, 0.25) is 0 Å². The standard InChI is InChI=1S/C15H18N2O3/c1-12-11-20-9-7-17(12)15(19)14-6-5-13(10-16-14)4-2-3-8-18/h5-6,10,12,18H,3,7-9,11H2,1H3.